The van der Waals surface area contributed by atoms with Crippen LogP contribution >= 0.6 is 0 Å². The number of hydrogen-bond donors (Lipinski definition) is 0. The standard InChI is InChI=1S/C12H23O.C7H12N3.Y/c1-9(8-11(2,3)4)10(13)12(5,6)7;1-3-5-7-6-8-9-10(7)4-2;/h9H,1,8H2,2-7H3;6H,2-5H2,1H3;/q2*-1;. The Labute approximate surface area is 174 Å². The van der Waals surface area contributed by atoms with Crippen LogP contribution in [0, 0.1) is 30.6 Å². The molecule has 0 fully saturated rings. The van der Waals surface area contributed by atoms with Crippen molar-refractivity contribution in [1.29, 1.82) is 0 Å². The number of hydrogen-bond acceptors (Lipinski definition) is 3. The number of Topliss-reactive ketones (excluding diaryl/α,β-unsaturated/α-hetero) is 1. The van der Waals surface area contributed by atoms with Gasteiger partial charge < -0.3 is 18.6 Å². The zero-order valence-corrected chi connectivity index (χ0v) is 19.6. The van der Waals surface area contributed by atoms with Crippen LogP contribution in [0.5, 0.6) is 0 Å². The number of carbonyl (C=O) groups excluding carboxylic acids is 1. The molecule has 0 spiro atoms. The Morgan fingerprint density at radius 3 is 2.17 bits per heavy atom. The van der Waals surface area contributed by atoms with Gasteiger partial charge in [0.05, 0.1) is 11.9 Å². The van der Waals surface area contributed by atoms with E-state index in [2.05, 4.69) is 51.9 Å². The van der Waals surface area contributed by atoms with Crippen molar-refractivity contribution in [3.63, 3.8) is 0 Å². The van der Waals surface area contributed by atoms with Crippen LogP contribution in [0.25, 0.3) is 0 Å². The number of rotatable bonds is 5. The topological polar surface area (TPSA) is 47.8 Å². The first-order valence-electron chi connectivity index (χ1n) is 8.46. The van der Waals surface area contributed by atoms with E-state index < -0.39 is 0 Å². The van der Waals surface area contributed by atoms with Crippen molar-refractivity contribution < 1.29 is 37.5 Å². The van der Waals surface area contributed by atoms with Crippen molar-refractivity contribution >= 4 is 5.78 Å². The van der Waals surface area contributed by atoms with Crippen LogP contribution in [0.4, 0.5) is 0 Å². The van der Waals surface area contributed by atoms with Gasteiger partial charge in [0, 0.05) is 38.1 Å². The minimum Gasteiger partial charge on any atom is -0.333 e. The zero-order chi connectivity index (χ0) is 18.3. The van der Waals surface area contributed by atoms with E-state index in [0.29, 0.717) is 6.54 Å². The fraction of sp³-hybridized carbons (Fsp3) is 0.737. The Morgan fingerprint density at radius 1 is 1.25 bits per heavy atom. The second-order valence-corrected chi connectivity index (χ2v) is 8.27. The minimum absolute atomic E-state index is 0. The molecule has 1 aromatic heterocycles. The molecule has 1 rings (SSSR count). The van der Waals surface area contributed by atoms with Crippen LogP contribution < -0.4 is 0 Å². The summed E-state index contributed by atoms with van der Waals surface area (Å²) in [7, 11) is 0. The number of aryl methyl sites for hydroxylation is 1. The van der Waals surface area contributed by atoms with E-state index in [4.69, 9.17) is 0 Å². The fourth-order valence-corrected chi connectivity index (χ4v) is 2.36. The molecule has 1 aromatic rings. The van der Waals surface area contributed by atoms with Gasteiger partial charge in [-0.3, -0.25) is 4.68 Å². The second kappa shape index (κ2) is 11.5. The molecule has 0 saturated heterocycles. The van der Waals surface area contributed by atoms with Crippen molar-refractivity contribution in [3.05, 3.63) is 25.7 Å². The number of ketones is 1. The van der Waals surface area contributed by atoms with E-state index in [1.165, 1.54) is 5.69 Å². The second-order valence-electron chi connectivity index (χ2n) is 8.27. The number of nitrogens with zero attached hydrogens (tertiary/aromatic N) is 3. The first-order valence-corrected chi connectivity index (χ1v) is 8.46. The largest absolute Gasteiger partial charge is 0.333 e. The van der Waals surface area contributed by atoms with Crippen LogP contribution in [0.3, 0.4) is 0 Å². The molecule has 5 heteroatoms. The summed E-state index contributed by atoms with van der Waals surface area (Å²) in [6.45, 7) is 22.8. The van der Waals surface area contributed by atoms with Crippen molar-refractivity contribution in [3.8, 4) is 0 Å². The molecule has 1 unspecified atom stereocenters. The minimum atomic E-state index is -0.252. The average Bonchev–Trinajstić information content (AvgIpc) is 2.83. The normalized spacial score (nSPS) is 12.7. The molecule has 24 heavy (non-hydrogen) atoms. The maximum absolute atomic E-state index is 11.8. The number of carbonyl (C=O) groups is 1. The van der Waals surface area contributed by atoms with Gasteiger partial charge >= 0.3 is 0 Å². The Balaban J connectivity index is 0. The first-order chi connectivity index (χ1) is 10.4. The average molecular weight is 410 g/mol. The maximum atomic E-state index is 11.8. The molecule has 0 saturated carbocycles. The molecule has 1 heterocycles. The molecule has 1 radical (unpaired) electrons. The van der Waals surface area contributed by atoms with Crippen LogP contribution in [-0.2, 0) is 50.5 Å². The summed E-state index contributed by atoms with van der Waals surface area (Å²) in [4.78, 5) is 11.8. The molecule has 0 amide bonds. The van der Waals surface area contributed by atoms with E-state index >= 15 is 0 Å². The third-order valence-electron chi connectivity index (χ3n) is 3.38. The summed E-state index contributed by atoms with van der Waals surface area (Å²) in [5, 5.41) is 7.64. The molecule has 1 atom stereocenters. The van der Waals surface area contributed by atoms with Gasteiger partial charge in [-0.1, -0.05) is 73.1 Å². The summed E-state index contributed by atoms with van der Waals surface area (Å²) in [5.74, 6) is 0.197. The molecule has 4 nitrogen and oxygen atoms in total. The summed E-state index contributed by atoms with van der Waals surface area (Å²) in [6.07, 6.45) is 4.84. The van der Waals surface area contributed by atoms with Gasteiger partial charge in [0.25, 0.3) is 0 Å². The summed E-state index contributed by atoms with van der Waals surface area (Å²) < 4.78 is 1.82. The van der Waals surface area contributed by atoms with Gasteiger partial charge in [0.15, 0.2) is 0 Å². The summed E-state index contributed by atoms with van der Waals surface area (Å²) in [6, 6.07) is 0. The summed E-state index contributed by atoms with van der Waals surface area (Å²) in [5.41, 5.74) is 1.11. The van der Waals surface area contributed by atoms with Gasteiger partial charge in [-0.25, -0.2) is 0 Å². The van der Waals surface area contributed by atoms with E-state index in [9.17, 15) is 4.79 Å². The molecule has 137 valence electrons. The van der Waals surface area contributed by atoms with Crippen molar-refractivity contribution in [2.75, 3.05) is 0 Å². The van der Waals surface area contributed by atoms with E-state index in [1.807, 2.05) is 25.5 Å². The predicted molar refractivity (Wildman–Crippen MR) is 96.8 cm³/mol. The molecular weight excluding hydrogens is 375 g/mol. The fourth-order valence-electron chi connectivity index (χ4n) is 2.36. The molecule has 0 aromatic carbocycles. The van der Waals surface area contributed by atoms with Gasteiger partial charge in [-0.15, -0.1) is 11.0 Å². The monoisotopic (exact) mass is 410 g/mol. The molecule has 0 aliphatic carbocycles. The third-order valence-corrected chi connectivity index (χ3v) is 3.38. The van der Waals surface area contributed by atoms with Crippen LogP contribution in [0.2, 0.25) is 0 Å². The Kier molecular flexibility index (Phi) is 12.5. The van der Waals surface area contributed by atoms with Gasteiger partial charge in [0.1, 0.15) is 5.78 Å². The van der Waals surface area contributed by atoms with Crippen LogP contribution in [0.15, 0.2) is 6.20 Å². The van der Waals surface area contributed by atoms with Crippen molar-refractivity contribution in [2.45, 2.75) is 74.3 Å². The van der Waals surface area contributed by atoms with Crippen molar-refractivity contribution in [2.24, 2.45) is 16.7 Å². The van der Waals surface area contributed by atoms with E-state index in [0.717, 1.165) is 19.3 Å². The molecule has 0 aliphatic heterocycles. The quantitative estimate of drug-likeness (QED) is 0.669. The molecule has 0 bridgehead atoms. The number of aromatic nitrogens is 3. The first kappa shape index (κ1) is 26.1. The summed E-state index contributed by atoms with van der Waals surface area (Å²) >= 11 is 0. The van der Waals surface area contributed by atoms with Crippen LogP contribution in [0.1, 0.15) is 67.0 Å². The van der Waals surface area contributed by atoms with Crippen LogP contribution in [-0.4, -0.2) is 20.8 Å². The Bertz CT molecular complexity index is 470. The Morgan fingerprint density at radius 2 is 1.79 bits per heavy atom. The smallest absolute Gasteiger partial charge is 0.111 e. The third kappa shape index (κ3) is 10.7. The van der Waals surface area contributed by atoms with E-state index in [1.54, 1.807) is 6.20 Å². The zero-order valence-electron chi connectivity index (χ0n) is 16.7. The SMILES string of the molecule is [CH2-]C(CC(C)(C)C)C(=O)C(C)(C)C.[CH2-]Cn1nncc1CCC.[Y]. The van der Waals surface area contributed by atoms with Gasteiger partial charge in [-0.2, -0.15) is 0 Å². The Hall–Kier alpha value is -0.0861. The van der Waals surface area contributed by atoms with Gasteiger partial charge in [0.2, 0.25) is 0 Å². The van der Waals surface area contributed by atoms with Gasteiger partial charge in [-0.05, 0) is 11.8 Å². The molecule has 0 aliphatic rings. The van der Waals surface area contributed by atoms with Crippen molar-refractivity contribution in [1.82, 2.24) is 15.0 Å². The maximum Gasteiger partial charge on any atom is 0.111 e. The molecular formula is C19H35N3OY-2. The molecule has 0 N–H and O–H groups in total. The van der Waals surface area contributed by atoms with E-state index in [-0.39, 0.29) is 55.2 Å². The predicted octanol–water partition coefficient (Wildman–Crippen LogP) is 4.55.